The van der Waals surface area contributed by atoms with E-state index in [-0.39, 0.29) is 14.1 Å². The van der Waals surface area contributed by atoms with E-state index in [1.807, 2.05) is 0 Å². The number of halogens is 5. The molecular weight excluding hydrogens is 530 g/mol. The average Bonchev–Trinajstić information content (AvgIpc) is 3.43. The highest BCUT2D eigenvalue weighted by atomic mass is 35.5. The smallest absolute Gasteiger partial charge is 0.349 e. The van der Waals surface area contributed by atoms with Crippen molar-refractivity contribution in [2.75, 3.05) is 12.3 Å². The Balaban J connectivity index is 1.53. The van der Waals surface area contributed by atoms with Gasteiger partial charge in [0.05, 0.1) is 34.0 Å². The number of thiophene rings is 1. The molecule has 0 saturated heterocycles. The maximum absolute atomic E-state index is 15.2. The molecule has 0 fully saturated rings. The first-order valence-electron chi connectivity index (χ1n) is 10.3. The van der Waals surface area contributed by atoms with Gasteiger partial charge < -0.3 is 5.32 Å². The summed E-state index contributed by atoms with van der Waals surface area (Å²) < 4.78 is 80.1. The Hall–Kier alpha value is -2.70. The molecule has 0 atom stereocenters. The summed E-state index contributed by atoms with van der Waals surface area (Å²) in [4.78, 5) is 12.2. The standard InChI is InChI=1S/C22H18ClF4N3O3S2/c23-18-8-9-20(34-18)35(32,33)12-19(31)28-11-17(24)16-3-1-2-13-10-29-30(21(13)16)15-6-4-14(5-7-15)22(25,26)27/h4-10H,1-3,11-12H2,(H,28,31)/b17-16-. The van der Waals surface area contributed by atoms with E-state index in [0.29, 0.717) is 30.6 Å². The van der Waals surface area contributed by atoms with Crippen LogP contribution in [-0.4, -0.2) is 36.4 Å². The largest absolute Gasteiger partial charge is 0.416 e. The highest BCUT2D eigenvalue weighted by Crippen LogP contribution is 2.36. The van der Waals surface area contributed by atoms with Gasteiger partial charge in [0.2, 0.25) is 5.91 Å². The monoisotopic (exact) mass is 547 g/mol. The Morgan fingerprint density at radius 2 is 1.86 bits per heavy atom. The minimum atomic E-state index is -4.49. The van der Waals surface area contributed by atoms with Crippen LogP contribution in [0.3, 0.4) is 0 Å². The predicted octanol–water partition coefficient (Wildman–Crippen LogP) is 5.21. The molecule has 1 aliphatic rings. The normalized spacial score (nSPS) is 15.6. The lowest BCUT2D eigenvalue weighted by atomic mass is 9.92. The predicted molar refractivity (Wildman–Crippen MR) is 124 cm³/mol. The Kier molecular flexibility index (Phi) is 7.07. The van der Waals surface area contributed by atoms with Crippen molar-refractivity contribution in [1.82, 2.24) is 15.1 Å². The molecule has 1 N–H and O–H groups in total. The second-order valence-corrected chi connectivity index (χ2v) is 11.7. The Morgan fingerprint density at radius 3 is 2.49 bits per heavy atom. The molecule has 1 amide bonds. The maximum Gasteiger partial charge on any atom is 0.416 e. The molecule has 186 valence electrons. The van der Waals surface area contributed by atoms with Gasteiger partial charge in [0.15, 0.2) is 9.84 Å². The van der Waals surface area contributed by atoms with Gasteiger partial charge in [-0.15, -0.1) is 11.3 Å². The van der Waals surface area contributed by atoms with Crippen LogP contribution in [0.1, 0.15) is 29.7 Å². The van der Waals surface area contributed by atoms with E-state index in [2.05, 4.69) is 10.4 Å². The number of nitrogens with zero attached hydrogens (tertiary/aromatic N) is 2. The number of fused-ring (bicyclic) bond motifs is 1. The number of alkyl halides is 3. The third-order valence-electron chi connectivity index (χ3n) is 5.39. The van der Waals surface area contributed by atoms with Crippen LogP contribution in [0.2, 0.25) is 4.34 Å². The van der Waals surface area contributed by atoms with E-state index in [9.17, 15) is 26.4 Å². The quantitative estimate of drug-likeness (QED) is 0.429. The van der Waals surface area contributed by atoms with Gasteiger partial charge >= 0.3 is 6.18 Å². The summed E-state index contributed by atoms with van der Waals surface area (Å²) in [5, 5.41) is 6.51. The van der Waals surface area contributed by atoms with Crippen molar-refractivity contribution >= 4 is 44.3 Å². The number of benzene rings is 1. The Labute approximate surface area is 207 Å². The number of allylic oxidation sites excluding steroid dienone is 1. The summed E-state index contributed by atoms with van der Waals surface area (Å²) in [6, 6.07) is 7.06. The minimum absolute atomic E-state index is 0.0613. The molecule has 2 aromatic heterocycles. The second-order valence-electron chi connectivity index (χ2n) is 7.81. The summed E-state index contributed by atoms with van der Waals surface area (Å²) in [6.07, 6.45) is -1.39. The van der Waals surface area contributed by atoms with E-state index in [0.717, 1.165) is 29.0 Å². The van der Waals surface area contributed by atoms with Crippen LogP contribution in [0.5, 0.6) is 0 Å². The van der Waals surface area contributed by atoms with Crippen molar-refractivity contribution in [3.8, 4) is 5.69 Å². The summed E-state index contributed by atoms with van der Waals surface area (Å²) in [5.74, 6) is -2.41. The summed E-state index contributed by atoms with van der Waals surface area (Å²) in [7, 11) is -3.92. The number of rotatable bonds is 6. The van der Waals surface area contributed by atoms with Gasteiger partial charge in [-0.25, -0.2) is 17.5 Å². The first kappa shape index (κ1) is 25.4. The number of aryl methyl sites for hydroxylation is 1. The van der Waals surface area contributed by atoms with Crippen molar-refractivity contribution in [2.24, 2.45) is 0 Å². The van der Waals surface area contributed by atoms with Crippen molar-refractivity contribution in [3.05, 3.63) is 69.6 Å². The summed E-state index contributed by atoms with van der Waals surface area (Å²) >= 11 is 6.57. The summed E-state index contributed by atoms with van der Waals surface area (Å²) in [5.41, 5.74) is 0.924. The molecule has 6 nitrogen and oxygen atoms in total. The van der Waals surface area contributed by atoms with E-state index in [1.165, 1.54) is 35.1 Å². The molecule has 4 rings (SSSR count). The molecule has 2 heterocycles. The summed E-state index contributed by atoms with van der Waals surface area (Å²) in [6.45, 7) is -0.535. The van der Waals surface area contributed by atoms with Gasteiger partial charge in [-0.3, -0.25) is 4.79 Å². The number of hydrogen-bond acceptors (Lipinski definition) is 5. The maximum atomic E-state index is 15.2. The zero-order valence-corrected chi connectivity index (χ0v) is 20.3. The first-order valence-corrected chi connectivity index (χ1v) is 13.2. The zero-order valence-electron chi connectivity index (χ0n) is 17.9. The molecule has 0 saturated carbocycles. The lowest BCUT2D eigenvalue weighted by molar-refractivity contribution is -0.137. The first-order chi connectivity index (χ1) is 16.5. The van der Waals surface area contributed by atoms with Crippen LogP contribution >= 0.6 is 22.9 Å². The molecule has 0 bridgehead atoms. The van der Waals surface area contributed by atoms with Crippen LogP contribution in [0, 0.1) is 0 Å². The highest BCUT2D eigenvalue weighted by molar-refractivity contribution is 7.94. The highest BCUT2D eigenvalue weighted by Gasteiger charge is 2.30. The molecule has 0 spiro atoms. The zero-order chi connectivity index (χ0) is 25.4. The molecule has 35 heavy (non-hydrogen) atoms. The average molecular weight is 548 g/mol. The van der Waals surface area contributed by atoms with Gasteiger partial charge in [-0.05, 0) is 61.2 Å². The number of aromatic nitrogens is 2. The fourth-order valence-electron chi connectivity index (χ4n) is 3.75. The van der Waals surface area contributed by atoms with Crippen molar-refractivity contribution in [2.45, 2.75) is 29.6 Å². The van der Waals surface area contributed by atoms with Crippen molar-refractivity contribution < 1.29 is 30.8 Å². The number of carbonyl (C=O) groups is 1. The molecule has 13 heteroatoms. The molecule has 0 aliphatic heterocycles. The molecule has 0 unspecified atom stereocenters. The number of sulfone groups is 1. The van der Waals surface area contributed by atoms with E-state index in [1.54, 1.807) is 0 Å². The molecule has 1 aliphatic carbocycles. The fraction of sp³-hybridized carbons (Fsp3) is 0.273. The van der Waals surface area contributed by atoms with Gasteiger partial charge in [0.25, 0.3) is 0 Å². The van der Waals surface area contributed by atoms with Gasteiger partial charge in [0.1, 0.15) is 15.8 Å². The van der Waals surface area contributed by atoms with E-state index >= 15 is 4.39 Å². The van der Waals surface area contributed by atoms with E-state index < -0.39 is 45.6 Å². The minimum Gasteiger partial charge on any atom is -0.349 e. The molecule has 3 aromatic rings. The van der Waals surface area contributed by atoms with Gasteiger partial charge in [-0.2, -0.15) is 18.3 Å². The van der Waals surface area contributed by atoms with Crippen molar-refractivity contribution in [3.63, 3.8) is 0 Å². The van der Waals surface area contributed by atoms with Crippen LogP contribution in [0.4, 0.5) is 17.6 Å². The number of hydrogen-bond donors (Lipinski definition) is 1. The number of carbonyl (C=O) groups excluding carboxylic acids is 1. The lowest BCUT2D eigenvalue weighted by Crippen LogP contribution is -2.31. The van der Waals surface area contributed by atoms with Crippen LogP contribution in [0.15, 0.2) is 52.6 Å². The second kappa shape index (κ2) is 9.75. The van der Waals surface area contributed by atoms with Crippen LogP contribution < -0.4 is 5.32 Å². The Morgan fingerprint density at radius 1 is 1.14 bits per heavy atom. The van der Waals surface area contributed by atoms with Crippen LogP contribution in [0.25, 0.3) is 11.3 Å². The number of nitrogens with one attached hydrogen (secondary N) is 1. The Bertz CT molecular complexity index is 1390. The number of amides is 1. The molecule has 1 aromatic carbocycles. The van der Waals surface area contributed by atoms with Crippen LogP contribution in [-0.2, 0) is 27.2 Å². The molecule has 0 radical (unpaired) electrons. The SMILES string of the molecule is O=C(CS(=O)(=O)c1ccc(Cl)s1)NC/C(F)=C1\CCCc2cnn(-c3ccc(C(F)(F)F)cc3)c21. The van der Waals surface area contributed by atoms with E-state index in [4.69, 9.17) is 11.6 Å². The topological polar surface area (TPSA) is 81.1 Å². The van der Waals surface area contributed by atoms with Gasteiger partial charge in [-0.1, -0.05) is 11.6 Å². The van der Waals surface area contributed by atoms with Crippen molar-refractivity contribution in [1.29, 1.82) is 0 Å². The fourth-order valence-corrected chi connectivity index (χ4v) is 6.49. The third-order valence-corrected chi connectivity index (χ3v) is 8.82. The van der Waals surface area contributed by atoms with Gasteiger partial charge in [0, 0.05) is 5.57 Å². The molecular formula is C22H18ClF4N3O3S2. The third kappa shape index (κ3) is 5.60. The lowest BCUT2D eigenvalue weighted by Gasteiger charge is -2.19.